The van der Waals surface area contributed by atoms with Crippen LogP contribution in [0.3, 0.4) is 0 Å². The molecule has 2 nitrogen and oxygen atoms in total. The quantitative estimate of drug-likeness (QED) is 0.760. The maximum atomic E-state index is 3.74. The fourth-order valence-corrected chi connectivity index (χ4v) is 4.30. The Bertz CT molecular complexity index is 285. The summed E-state index contributed by atoms with van der Waals surface area (Å²) in [6.45, 7) is 10.8. The third kappa shape index (κ3) is 4.73. The van der Waals surface area contributed by atoms with Crippen molar-refractivity contribution in [2.24, 2.45) is 17.3 Å². The molecular formula is C18H36N2. The lowest BCUT2D eigenvalue weighted by molar-refractivity contribution is 0.0749. The summed E-state index contributed by atoms with van der Waals surface area (Å²) in [4.78, 5) is 2.64. The van der Waals surface area contributed by atoms with Gasteiger partial charge >= 0.3 is 0 Å². The molecule has 0 aromatic heterocycles. The highest BCUT2D eigenvalue weighted by Crippen LogP contribution is 2.40. The molecule has 2 saturated carbocycles. The van der Waals surface area contributed by atoms with Gasteiger partial charge in [-0.1, -0.05) is 40.0 Å². The fourth-order valence-electron chi connectivity index (χ4n) is 4.30. The molecule has 0 saturated heterocycles. The highest BCUT2D eigenvalue weighted by Gasteiger charge is 2.36. The molecule has 2 rings (SSSR count). The topological polar surface area (TPSA) is 15.3 Å². The van der Waals surface area contributed by atoms with Gasteiger partial charge in [0.05, 0.1) is 0 Å². The molecule has 2 aliphatic carbocycles. The molecule has 0 amide bonds. The number of hydrogen-bond donors (Lipinski definition) is 1. The van der Waals surface area contributed by atoms with Crippen molar-refractivity contribution < 1.29 is 0 Å². The molecule has 2 aliphatic rings. The van der Waals surface area contributed by atoms with Gasteiger partial charge in [-0.3, -0.25) is 0 Å². The Hall–Kier alpha value is -0.0800. The van der Waals surface area contributed by atoms with Crippen LogP contribution < -0.4 is 5.32 Å². The minimum absolute atomic E-state index is 0.528. The van der Waals surface area contributed by atoms with Crippen LogP contribution in [-0.4, -0.2) is 37.6 Å². The van der Waals surface area contributed by atoms with Crippen molar-refractivity contribution in [1.29, 1.82) is 0 Å². The molecule has 20 heavy (non-hydrogen) atoms. The van der Waals surface area contributed by atoms with Crippen LogP contribution >= 0.6 is 0 Å². The lowest BCUT2D eigenvalue weighted by Crippen LogP contribution is -2.48. The molecule has 2 atom stereocenters. The standard InChI is InChI=1S/C18H36N2/c1-15(2)19-13-18(10-6-7-16(3)11-18)14-20(4)12-17-8-5-9-17/h15-17,19H,5-14H2,1-4H3. The monoisotopic (exact) mass is 280 g/mol. The largest absolute Gasteiger partial charge is 0.314 e. The Morgan fingerprint density at radius 2 is 1.95 bits per heavy atom. The van der Waals surface area contributed by atoms with Gasteiger partial charge in [-0.2, -0.15) is 0 Å². The van der Waals surface area contributed by atoms with E-state index >= 15 is 0 Å². The molecule has 118 valence electrons. The molecule has 0 bridgehead atoms. The van der Waals surface area contributed by atoms with Crippen molar-refractivity contribution in [3.63, 3.8) is 0 Å². The SMILES string of the molecule is CC1CCCC(CNC(C)C)(CN(C)CC2CCC2)C1. The van der Waals surface area contributed by atoms with E-state index in [0.29, 0.717) is 11.5 Å². The van der Waals surface area contributed by atoms with E-state index in [1.807, 2.05) is 0 Å². The van der Waals surface area contributed by atoms with E-state index in [0.717, 1.165) is 11.8 Å². The molecule has 0 aromatic rings. The van der Waals surface area contributed by atoms with Gasteiger partial charge in [-0.15, -0.1) is 0 Å². The summed E-state index contributed by atoms with van der Waals surface area (Å²) >= 11 is 0. The summed E-state index contributed by atoms with van der Waals surface area (Å²) in [5, 5.41) is 3.74. The molecular weight excluding hydrogens is 244 g/mol. The molecule has 0 heterocycles. The third-order valence-corrected chi connectivity index (χ3v) is 5.47. The van der Waals surface area contributed by atoms with Crippen LogP contribution in [0.2, 0.25) is 0 Å². The zero-order chi connectivity index (χ0) is 14.6. The Labute approximate surface area is 126 Å². The van der Waals surface area contributed by atoms with Gasteiger partial charge in [0, 0.05) is 25.7 Å². The fraction of sp³-hybridized carbons (Fsp3) is 1.00. The number of hydrogen-bond acceptors (Lipinski definition) is 2. The molecule has 0 aliphatic heterocycles. The van der Waals surface area contributed by atoms with Crippen LogP contribution in [-0.2, 0) is 0 Å². The number of nitrogens with zero attached hydrogens (tertiary/aromatic N) is 1. The first-order valence-electron chi connectivity index (χ1n) is 8.91. The van der Waals surface area contributed by atoms with Crippen LogP contribution in [0.1, 0.15) is 65.7 Å². The third-order valence-electron chi connectivity index (χ3n) is 5.47. The summed E-state index contributed by atoms with van der Waals surface area (Å²) < 4.78 is 0. The normalized spacial score (nSPS) is 31.8. The van der Waals surface area contributed by atoms with Gasteiger partial charge < -0.3 is 10.2 Å². The van der Waals surface area contributed by atoms with E-state index < -0.39 is 0 Å². The van der Waals surface area contributed by atoms with Gasteiger partial charge in [0.1, 0.15) is 0 Å². The Kier molecular flexibility index (Phi) is 5.92. The lowest BCUT2D eigenvalue weighted by atomic mass is 9.69. The molecule has 0 spiro atoms. The lowest BCUT2D eigenvalue weighted by Gasteiger charge is -2.44. The van der Waals surface area contributed by atoms with E-state index in [1.54, 1.807) is 0 Å². The van der Waals surface area contributed by atoms with Crippen molar-refractivity contribution in [3.05, 3.63) is 0 Å². The molecule has 0 aromatic carbocycles. The van der Waals surface area contributed by atoms with Crippen LogP contribution in [0.15, 0.2) is 0 Å². The highest BCUT2D eigenvalue weighted by molar-refractivity contribution is 4.90. The van der Waals surface area contributed by atoms with Gasteiger partial charge in [-0.05, 0) is 50.0 Å². The van der Waals surface area contributed by atoms with Crippen LogP contribution in [0.4, 0.5) is 0 Å². The van der Waals surface area contributed by atoms with Crippen LogP contribution in [0.5, 0.6) is 0 Å². The molecule has 2 heteroatoms. The summed E-state index contributed by atoms with van der Waals surface area (Å²) in [5.41, 5.74) is 0.528. The van der Waals surface area contributed by atoms with E-state index in [1.165, 1.54) is 64.6 Å². The minimum Gasteiger partial charge on any atom is -0.314 e. The van der Waals surface area contributed by atoms with Gasteiger partial charge in [0.25, 0.3) is 0 Å². The molecule has 2 fully saturated rings. The van der Waals surface area contributed by atoms with E-state index in [4.69, 9.17) is 0 Å². The summed E-state index contributed by atoms with van der Waals surface area (Å²) in [7, 11) is 2.36. The Morgan fingerprint density at radius 1 is 1.20 bits per heavy atom. The second kappa shape index (κ2) is 7.26. The summed E-state index contributed by atoms with van der Waals surface area (Å²) in [5.74, 6) is 1.91. The van der Waals surface area contributed by atoms with Crippen molar-refractivity contribution >= 4 is 0 Å². The van der Waals surface area contributed by atoms with Crippen LogP contribution in [0, 0.1) is 17.3 Å². The average molecular weight is 280 g/mol. The van der Waals surface area contributed by atoms with Crippen LogP contribution in [0.25, 0.3) is 0 Å². The molecule has 1 N–H and O–H groups in total. The van der Waals surface area contributed by atoms with E-state index in [2.05, 4.69) is 38.0 Å². The maximum Gasteiger partial charge on any atom is 0.00473 e. The first-order valence-corrected chi connectivity index (χ1v) is 8.91. The summed E-state index contributed by atoms with van der Waals surface area (Å²) in [6, 6.07) is 0.612. The Balaban J connectivity index is 1.89. The smallest absolute Gasteiger partial charge is 0.00473 e. The molecule has 2 unspecified atom stereocenters. The number of nitrogens with one attached hydrogen (secondary N) is 1. The second-order valence-corrected chi connectivity index (χ2v) is 8.23. The van der Waals surface area contributed by atoms with E-state index in [-0.39, 0.29) is 0 Å². The van der Waals surface area contributed by atoms with Crippen molar-refractivity contribution in [1.82, 2.24) is 10.2 Å². The predicted octanol–water partition coefficient (Wildman–Crippen LogP) is 3.91. The first-order chi connectivity index (χ1) is 9.49. The Morgan fingerprint density at radius 3 is 2.50 bits per heavy atom. The van der Waals surface area contributed by atoms with E-state index in [9.17, 15) is 0 Å². The first kappa shape index (κ1) is 16.3. The zero-order valence-electron chi connectivity index (χ0n) is 14.3. The second-order valence-electron chi connectivity index (χ2n) is 8.23. The van der Waals surface area contributed by atoms with Crippen molar-refractivity contribution in [3.8, 4) is 0 Å². The van der Waals surface area contributed by atoms with Gasteiger partial charge in [-0.25, -0.2) is 0 Å². The van der Waals surface area contributed by atoms with Gasteiger partial charge in [0.15, 0.2) is 0 Å². The minimum atomic E-state index is 0.528. The highest BCUT2D eigenvalue weighted by atomic mass is 15.1. The van der Waals surface area contributed by atoms with Crippen molar-refractivity contribution in [2.45, 2.75) is 71.8 Å². The maximum absolute atomic E-state index is 3.74. The average Bonchev–Trinajstić information content (AvgIpc) is 2.32. The van der Waals surface area contributed by atoms with Crippen molar-refractivity contribution in [2.75, 3.05) is 26.7 Å². The zero-order valence-corrected chi connectivity index (χ0v) is 14.3. The van der Waals surface area contributed by atoms with Gasteiger partial charge in [0.2, 0.25) is 0 Å². The molecule has 0 radical (unpaired) electrons. The predicted molar refractivity (Wildman–Crippen MR) is 88.0 cm³/mol. The number of rotatable bonds is 7. The summed E-state index contributed by atoms with van der Waals surface area (Å²) in [6.07, 6.45) is 10.1.